The van der Waals surface area contributed by atoms with E-state index in [0.717, 1.165) is 29.7 Å². The molecule has 1 aromatic rings. The van der Waals surface area contributed by atoms with Crippen molar-refractivity contribution in [2.75, 3.05) is 5.43 Å². The molecule has 0 aromatic carbocycles. The zero-order valence-corrected chi connectivity index (χ0v) is 13.0. The summed E-state index contributed by atoms with van der Waals surface area (Å²) in [6.45, 7) is 6.72. The predicted octanol–water partition coefficient (Wildman–Crippen LogP) is 3.64. The van der Waals surface area contributed by atoms with Gasteiger partial charge in [-0.1, -0.05) is 27.2 Å². The van der Waals surface area contributed by atoms with Gasteiger partial charge in [0.15, 0.2) is 0 Å². The van der Waals surface area contributed by atoms with Crippen LogP contribution in [0.2, 0.25) is 0 Å². The lowest BCUT2D eigenvalue weighted by atomic mass is 9.80. The molecular formula is C16H28N4. The van der Waals surface area contributed by atoms with Gasteiger partial charge in [-0.2, -0.15) is 0 Å². The van der Waals surface area contributed by atoms with Crippen molar-refractivity contribution < 1.29 is 0 Å². The van der Waals surface area contributed by atoms with E-state index in [4.69, 9.17) is 10.8 Å². The van der Waals surface area contributed by atoms with Crippen molar-refractivity contribution in [1.29, 1.82) is 0 Å². The molecule has 2 rings (SSSR count). The average molecular weight is 276 g/mol. The SMILES string of the molecule is CCC1CCC(c2nc(CC(C)C)cc(NN)n2)CC1. The predicted molar refractivity (Wildman–Crippen MR) is 83.4 cm³/mol. The maximum absolute atomic E-state index is 5.55. The van der Waals surface area contributed by atoms with Crippen molar-refractivity contribution in [2.24, 2.45) is 17.7 Å². The first-order chi connectivity index (χ1) is 9.62. The Morgan fingerprint density at radius 2 is 1.95 bits per heavy atom. The number of hydrazine groups is 1. The van der Waals surface area contributed by atoms with E-state index in [1.165, 1.54) is 32.1 Å². The fraction of sp³-hybridized carbons (Fsp3) is 0.750. The summed E-state index contributed by atoms with van der Waals surface area (Å²) in [6, 6.07) is 1.97. The van der Waals surface area contributed by atoms with E-state index < -0.39 is 0 Å². The lowest BCUT2D eigenvalue weighted by molar-refractivity contribution is 0.312. The summed E-state index contributed by atoms with van der Waals surface area (Å²) in [7, 11) is 0. The number of hydrogen-bond acceptors (Lipinski definition) is 4. The molecule has 0 radical (unpaired) electrons. The fourth-order valence-corrected chi connectivity index (χ4v) is 3.13. The molecule has 0 unspecified atom stereocenters. The molecule has 4 nitrogen and oxygen atoms in total. The first kappa shape index (κ1) is 15.2. The lowest BCUT2D eigenvalue weighted by Gasteiger charge is -2.27. The van der Waals surface area contributed by atoms with Gasteiger partial charge in [-0.15, -0.1) is 0 Å². The number of nitrogens with one attached hydrogen (secondary N) is 1. The van der Waals surface area contributed by atoms with Gasteiger partial charge >= 0.3 is 0 Å². The van der Waals surface area contributed by atoms with E-state index in [2.05, 4.69) is 31.2 Å². The summed E-state index contributed by atoms with van der Waals surface area (Å²) in [5.74, 6) is 9.30. The second-order valence-electron chi connectivity index (χ2n) is 6.47. The largest absolute Gasteiger partial charge is 0.308 e. The average Bonchev–Trinajstić information content (AvgIpc) is 2.46. The second kappa shape index (κ2) is 7.02. The highest BCUT2D eigenvalue weighted by Gasteiger charge is 2.24. The van der Waals surface area contributed by atoms with Crippen LogP contribution >= 0.6 is 0 Å². The van der Waals surface area contributed by atoms with Crippen molar-refractivity contribution >= 4 is 5.82 Å². The molecule has 1 aliphatic carbocycles. The van der Waals surface area contributed by atoms with Crippen LogP contribution in [-0.4, -0.2) is 9.97 Å². The van der Waals surface area contributed by atoms with Crippen LogP contribution in [0.3, 0.4) is 0 Å². The maximum Gasteiger partial charge on any atom is 0.143 e. The van der Waals surface area contributed by atoms with Gasteiger partial charge in [0.25, 0.3) is 0 Å². The van der Waals surface area contributed by atoms with Crippen molar-refractivity contribution in [3.8, 4) is 0 Å². The summed E-state index contributed by atoms with van der Waals surface area (Å²) >= 11 is 0. The molecule has 4 heteroatoms. The van der Waals surface area contributed by atoms with E-state index in [1.807, 2.05) is 6.07 Å². The van der Waals surface area contributed by atoms with Gasteiger partial charge in [-0.05, 0) is 43.9 Å². The Morgan fingerprint density at radius 3 is 2.50 bits per heavy atom. The van der Waals surface area contributed by atoms with Gasteiger partial charge in [0, 0.05) is 17.7 Å². The topological polar surface area (TPSA) is 63.8 Å². The highest BCUT2D eigenvalue weighted by atomic mass is 15.3. The van der Waals surface area contributed by atoms with Gasteiger partial charge < -0.3 is 5.43 Å². The summed E-state index contributed by atoms with van der Waals surface area (Å²) < 4.78 is 0. The van der Waals surface area contributed by atoms with Crippen molar-refractivity contribution in [3.05, 3.63) is 17.6 Å². The Labute approximate surface area is 122 Å². The Hall–Kier alpha value is -1.16. The second-order valence-corrected chi connectivity index (χ2v) is 6.47. The first-order valence-electron chi connectivity index (χ1n) is 7.96. The molecule has 0 spiro atoms. The number of nitrogens with zero attached hydrogens (tertiary/aromatic N) is 2. The monoisotopic (exact) mass is 276 g/mol. The molecule has 0 bridgehead atoms. The van der Waals surface area contributed by atoms with Crippen LogP contribution in [0.15, 0.2) is 6.07 Å². The van der Waals surface area contributed by atoms with Gasteiger partial charge in [0.2, 0.25) is 0 Å². The molecule has 0 saturated heterocycles. The number of anilines is 1. The van der Waals surface area contributed by atoms with Gasteiger partial charge in [0.1, 0.15) is 11.6 Å². The third-order valence-electron chi connectivity index (χ3n) is 4.35. The summed E-state index contributed by atoms with van der Waals surface area (Å²) in [5, 5.41) is 0. The molecule has 1 aliphatic rings. The number of hydrogen-bond donors (Lipinski definition) is 2. The molecule has 20 heavy (non-hydrogen) atoms. The van der Waals surface area contributed by atoms with Crippen LogP contribution in [-0.2, 0) is 6.42 Å². The summed E-state index contributed by atoms with van der Waals surface area (Å²) in [6.07, 6.45) is 7.33. The summed E-state index contributed by atoms with van der Waals surface area (Å²) in [4.78, 5) is 9.38. The minimum Gasteiger partial charge on any atom is -0.308 e. The standard InChI is InChI=1S/C16H28N4/c1-4-12-5-7-13(8-6-12)16-18-14(9-11(2)3)10-15(19-16)20-17/h10-13H,4-9,17H2,1-3H3,(H,18,19,20). The first-order valence-corrected chi connectivity index (χ1v) is 7.96. The third-order valence-corrected chi connectivity index (χ3v) is 4.35. The van der Waals surface area contributed by atoms with Crippen LogP contribution in [0.4, 0.5) is 5.82 Å². The molecule has 1 saturated carbocycles. The zero-order valence-electron chi connectivity index (χ0n) is 13.0. The molecule has 0 aliphatic heterocycles. The van der Waals surface area contributed by atoms with Crippen molar-refractivity contribution in [1.82, 2.24) is 9.97 Å². The number of nitrogens with two attached hydrogens (primary N) is 1. The quantitative estimate of drug-likeness (QED) is 0.636. The summed E-state index contributed by atoms with van der Waals surface area (Å²) in [5.41, 5.74) is 3.80. The minimum atomic E-state index is 0.511. The van der Waals surface area contributed by atoms with Gasteiger partial charge in [-0.25, -0.2) is 15.8 Å². The molecule has 0 amide bonds. The molecule has 3 N–H and O–H groups in total. The smallest absolute Gasteiger partial charge is 0.143 e. The molecular weight excluding hydrogens is 248 g/mol. The van der Waals surface area contributed by atoms with Crippen LogP contribution < -0.4 is 11.3 Å². The van der Waals surface area contributed by atoms with Crippen LogP contribution in [0.25, 0.3) is 0 Å². The number of rotatable bonds is 5. The normalized spacial score (nSPS) is 23.1. The molecule has 1 aromatic heterocycles. The molecule has 0 atom stereocenters. The molecule has 1 fully saturated rings. The highest BCUT2D eigenvalue weighted by molar-refractivity contribution is 5.35. The van der Waals surface area contributed by atoms with Crippen molar-refractivity contribution in [2.45, 2.75) is 65.2 Å². The van der Waals surface area contributed by atoms with E-state index in [1.54, 1.807) is 0 Å². The Balaban J connectivity index is 2.14. The number of nitrogen functional groups attached to an aromatic ring is 1. The van der Waals surface area contributed by atoms with Crippen molar-refractivity contribution in [3.63, 3.8) is 0 Å². The minimum absolute atomic E-state index is 0.511. The van der Waals surface area contributed by atoms with E-state index in [0.29, 0.717) is 11.8 Å². The third kappa shape index (κ3) is 3.92. The van der Waals surface area contributed by atoms with E-state index >= 15 is 0 Å². The highest BCUT2D eigenvalue weighted by Crippen LogP contribution is 2.36. The zero-order chi connectivity index (χ0) is 14.5. The van der Waals surface area contributed by atoms with Crippen LogP contribution in [0.5, 0.6) is 0 Å². The van der Waals surface area contributed by atoms with Gasteiger partial charge in [0.05, 0.1) is 0 Å². The van der Waals surface area contributed by atoms with Crippen LogP contribution in [0.1, 0.15) is 70.3 Å². The molecule has 1 heterocycles. The lowest BCUT2D eigenvalue weighted by Crippen LogP contribution is -2.18. The molecule has 112 valence electrons. The maximum atomic E-state index is 5.55. The number of aromatic nitrogens is 2. The Morgan fingerprint density at radius 1 is 1.25 bits per heavy atom. The Bertz CT molecular complexity index is 422. The van der Waals surface area contributed by atoms with Gasteiger partial charge in [-0.3, -0.25) is 0 Å². The van der Waals surface area contributed by atoms with E-state index in [9.17, 15) is 0 Å². The van der Waals surface area contributed by atoms with Crippen LogP contribution in [0, 0.1) is 11.8 Å². The fourth-order valence-electron chi connectivity index (χ4n) is 3.13. The van der Waals surface area contributed by atoms with E-state index in [-0.39, 0.29) is 0 Å². The Kier molecular flexibility index (Phi) is 5.35.